The number of pyridine rings is 1. The number of anilines is 1. The fourth-order valence-corrected chi connectivity index (χ4v) is 1.61. The van der Waals surface area contributed by atoms with Gasteiger partial charge in [-0.3, -0.25) is 4.98 Å². The monoisotopic (exact) mass is 260 g/mol. The molecule has 100 valence electrons. The highest BCUT2D eigenvalue weighted by Gasteiger charge is 2.10. The second-order valence-corrected chi connectivity index (χ2v) is 3.97. The van der Waals surface area contributed by atoms with Crippen LogP contribution in [0.5, 0.6) is 11.8 Å². The molecule has 0 bridgehead atoms. The highest BCUT2D eigenvalue weighted by molar-refractivity contribution is 5.36. The van der Waals surface area contributed by atoms with Gasteiger partial charge in [-0.05, 0) is 11.6 Å². The fourth-order valence-electron chi connectivity index (χ4n) is 1.61. The highest BCUT2D eigenvalue weighted by Crippen LogP contribution is 2.20. The zero-order chi connectivity index (χ0) is 13.7. The number of methoxy groups -OCH3 is 2. The third kappa shape index (κ3) is 3.31. The Kier molecular flexibility index (Phi) is 4.12. The molecule has 0 aliphatic rings. The van der Waals surface area contributed by atoms with Crippen molar-refractivity contribution in [2.45, 2.75) is 6.54 Å². The molecule has 0 atom stereocenters. The molecule has 0 radical (unpaired) electrons. The average molecular weight is 260 g/mol. The van der Waals surface area contributed by atoms with Crippen LogP contribution in [0.3, 0.4) is 0 Å². The Hall–Kier alpha value is -2.37. The Balaban J connectivity index is 2.20. The Morgan fingerprint density at radius 3 is 2.37 bits per heavy atom. The van der Waals surface area contributed by atoms with E-state index >= 15 is 0 Å². The largest absolute Gasteiger partial charge is 0.481 e. The molecular formula is C13H16N4O2. The van der Waals surface area contributed by atoms with Gasteiger partial charge in [-0.2, -0.15) is 9.97 Å². The molecule has 6 heteroatoms. The lowest BCUT2D eigenvalue weighted by Gasteiger charge is -2.17. The fraction of sp³-hybridized carbons (Fsp3) is 0.308. The normalized spacial score (nSPS) is 10.1. The van der Waals surface area contributed by atoms with E-state index in [1.165, 1.54) is 0 Å². The minimum absolute atomic E-state index is 0.472. The summed E-state index contributed by atoms with van der Waals surface area (Å²) in [4.78, 5) is 14.6. The number of nitrogens with zero attached hydrogens (tertiary/aromatic N) is 4. The van der Waals surface area contributed by atoms with Crippen molar-refractivity contribution in [3.63, 3.8) is 0 Å². The van der Waals surface area contributed by atoms with Gasteiger partial charge in [0, 0.05) is 26.0 Å². The van der Waals surface area contributed by atoms with Gasteiger partial charge in [-0.15, -0.1) is 0 Å². The summed E-state index contributed by atoms with van der Waals surface area (Å²) in [7, 11) is 5.03. The van der Waals surface area contributed by atoms with Crippen LogP contribution in [0, 0.1) is 0 Å². The summed E-state index contributed by atoms with van der Waals surface area (Å²) in [6, 6.07) is 5.54. The number of aromatic nitrogens is 3. The highest BCUT2D eigenvalue weighted by atomic mass is 16.5. The smallest absolute Gasteiger partial charge is 0.232 e. The van der Waals surface area contributed by atoms with Crippen LogP contribution < -0.4 is 14.4 Å². The number of hydrogen-bond acceptors (Lipinski definition) is 6. The lowest BCUT2D eigenvalue weighted by molar-refractivity contribution is 0.371. The van der Waals surface area contributed by atoms with Gasteiger partial charge in [0.25, 0.3) is 0 Å². The van der Waals surface area contributed by atoms with E-state index in [0.29, 0.717) is 24.3 Å². The van der Waals surface area contributed by atoms with E-state index in [1.54, 1.807) is 26.5 Å². The van der Waals surface area contributed by atoms with Crippen molar-refractivity contribution in [3.8, 4) is 11.8 Å². The molecule has 0 aliphatic carbocycles. The first-order chi connectivity index (χ1) is 9.22. The molecule has 0 spiro atoms. The van der Waals surface area contributed by atoms with Crippen molar-refractivity contribution >= 4 is 5.95 Å². The zero-order valence-electron chi connectivity index (χ0n) is 11.2. The predicted octanol–water partition coefficient (Wildman–Crippen LogP) is 1.53. The van der Waals surface area contributed by atoms with Gasteiger partial charge in [0.05, 0.1) is 20.3 Å². The van der Waals surface area contributed by atoms with Crippen molar-refractivity contribution in [2.75, 3.05) is 26.2 Å². The average Bonchev–Trinajstić information content (AvgIpc) is 2.47. The van der Waals surface area contributed by atoms with E-state index in [-0.39, 0.29) is 0 Å². The topological polar surface area (TPSA) is 60.4 Å². The van der Waals surface area contributed by atoms with Crippen molar-refractivity contribution in [2.24, 2.45) is 0 Å². The van der Waals surface area contributed by atoms with E-state index < -0.39 is 0 Å². The van der Waals surface area contributed by atoms with E-state index in [0.717, 1.165) is 5.56 Å². The van der Waals surface area contributed by atoms with Gasteiger partial charge in [0.15, 0.2) is 0 Å². The Bertz CT molecular complexity index is 511. The maximum atomic E-state index is 5.13. The van der Waals surface area contributed by atoms with Crippen LogP contribution in [0.2, 0.25) is 0 Å². The molecule has 0 N–H and O–H groups in total. The minimum Gasteiger partial charge on any atom is -0.481 e. The second kappa shape index (κ2) is 5.99. The van der Waals surface area contributed by atoms with Crippen molar-refractivity contribution < 1.29 is 9.47 Å². The van der Waals surface area contributed by atoms with Gasteiger partial charge < -0.3 is 14.4 Å². The van der Waals surface area contributed by atoms with Crippen LogP contribution in [0.1, 0.15) is 5.56 Å². The third-order valence-electron chi connectivity index (χ3n) is 2.57. The van der Waals surface area contributed by atoms with Gasteiger partial charge in [-0.25, -0.2) is 0 Å². The summed E-state index contributed by atoms with van der Waals surface area (Å²) in [5.74, 6) is 1.49. The summed E-state index contributed by atoms with van der Waals surface area (Å²) in [6.07, 6.45) is 3.56. The number of hydrogen-bond donors (Lipinski definition) is 0. The van der Waals surface area contributed by atoms with Crippen LogP contribution in [-0.4, -0.2) is 36.2 Å². The molecule has 0 saturated heterocycles. The molecule has 2 aromatic rings. The summed E-state index contributed by atoms with van der Waals surface area (Å²) in [5, 5.41) is 0. The third-order valence-corrected chi connectivity index (χ3v) is 2.57. The van der Waals surface area contributed by atoms with Crippen LogP contribution >= 0.6 is 0 Å². The Morgan fingerprint density at radius 2 is 1.84 bits per heavy atom. The summed E-state index contributed by atoms with van der Waals surface area (Å²) in [6.45, 7) is 0.657. The van der Waals surface area contributed by atoms with E-state index in [2.05, 4.69) is 15.0 Å². The molecule has 0 aliphatic heterocycles. The first-order valence-electron chi connectivity index (χ1n) is 5.80. The van der Waals surface area contributed by atoms with E-state index in [9.17, 15) is 0 Å². The maximum Gasteiger partial charge on any atom is 0.232 e. The maximum absolute atomic E-state index is 5.13. The molecule has 0 fully saturated rings. The SMILES string of the molecule is COc1cc(OC)nc(N(C)Cc2cccnc2)n1. The second-order valence-electron chi connectivity index (χ2n) is 3.97. The molecule has 6 nitrogen and oxygen atoms in total. The first kappa shape index (κ1) is 13.1. The van der Waals surface area contributed by atoms with Crippen molar-refractivity contribution in [3.05, 3.63) is 36.2 Å². The predicted molar refractivity (Wildman–Crippen MR) is 71.5 cm³/mol. The molecule has 2 rings (SSSR count). The molecule has 0 saturated carbocycles. The Labute approximate surface area is 112 Å². The molecule has 2 aromatic heterocycles. The van der Waals surface area contributed by atoms with Gasteiger partial charge in [0.2, 0.25) is 17.7 Å². The zero-order valence-corrected chi connectivity index (χ0v) is 11.2. The van der Waals surface area contributed by atoms with Gasteiger partial charge in [-0.1, -0.05) is 6.07 Å². The molecule has 0 aromatic carbocycles. The number of ether oxygens (including phenoxy) is 2. The standard InChI is InChI=1S/C13H16N4O2/c1-17(9-10-5-4-6-14-8-10)13-15-11(18-2)7-12(16-13)19-3/h4-8H,9H2,1-3H3. The summed E-state index contributed by atoms with van der Waals surface area (Å²) in [5.41, 5.74) is 1.08. The Morgan fingerprint density at radius 1 is 1.16 bits per heavy atom. The van der Waals surface area contributed by atoms with Crippen molar-refractivity contribution in [1.82, 2.24) is 15.0 Å². The lowest BCUT2D eigenvalue weighted by atomic mass is 10.3. The van der Waals surface area contributed by atoms with E-state index in [4.69, 9.17) is 9.47 Å². The van der Waals surface area contributed by atoms with Crippen LogP contribution in [0.15, 0.2) is 30.6 Å². The van der Waals surface area contributed by atoms with E-state index in [1.807, 2.05) is 30.3 Å². The lowest BCUT2D eigenvalue weighted by Crippen LogP contribution is -2.19. The first-order valence-corrected chi connectivity index (χ1v) is 5.80. The molecule has 2 heterocycles. The van der Waals surface area contributed by atoms with Crippen LogP contribution in [-0.2, 0) is 6.54 Å². The molecular weight excluding hydrogens is 244 g/mol. The minimum atomic E-state index is 0.472. The number of rotatable bonds is 5. The van der Waals surface area contributed by atoms with Crippen molar-refractivity contribution in [1.29, 1.82) is 0 Å². The molecule has 0 amide bonds. The summed E-state index contributed by atoms with van der Waals surface area (Å²) >= 11 is 0. The molecule has 19 heavy (non-hydrogen) atoms. The quantitative estimate of drug-likeness (QED) is 0.812. The van der Waals surface area contributed by atoms with Gasteiger partial charge in [0.1, 0.15) is 0 Å². The van der Waals surface area contributed by atoms with Gasteiger partial charge >= 0.3 is 0 Å². The summed E-state index contributed by atoms with van der Waals surface area (Å²) < 4.78 is 10.3. The molecule has 0 unspecified atom stereocenters. The van der Waals surface area contributed by atoms with Crippen LogP contribution in [0.25, 0.3) is 0 Å². The van der Waals surface area contributed by atoms with Crippen LogP contribution in [0.4, 0.5) is 5.95 Å².